The molecule has 0 aliphatic rings. The fourth-order valence-electron chi connectivity index (χ4n) is 2.26. The summed E-state index contributed by atoms with van der Waals surface area (Å²) >= 11 is 0. The van der Waals surface area contributed by atoms with Crippen LogP contribution in [0.5, 0.6) is 0 Å². The van der Waals surface area contributed by atoms with Gasteiger partial charge in [-0.15, -0.1) is 0 Å². The van der Waals surface area contributed by atoms with Gasteiger partial charge in [0.25, 0.3) is 5.69 Å². The standard InChI is InChI=1S/C16H18N2O5S/c1-17(11-16(19)13-7-3-2-4-8-13)24(22,23)12-14-9-5-6-10-15(14)18(20)21/h2-10,16,19H,11-12H2,1H3. The second-order valence-corrected chi connectivity index (χ2v) is 7.42. The highest BCUT2D eigenvalue weighted by Crippen LogP contribution is 2.22. The van der Waals surface area contributed by atoms with Gasteiger partial charge in [-0.25, -0.2) is 12.7 Å². The van der Waals surface area contributed by atoms with E-state index < -0.39 is 26.8 Å². The van der Waals surface area contributed by atoms with Crippen molar-refractivity contribution in [1.82, 2.24) is 4.31 Å². The lowest BCUT2D eigenvalue weighted by Gasteiger charge is -2.20. The second-order valence-electron chi connectivity index (χ2n) is 5.35. The van der Waals surface area contributed by atoms with Crippen LogP contribution in [0.25, 0.3) is 0 Å². The van der Waals surface area contributed by atoms with E-state index in [1.165, 1.54) is 25.2 Å². The van der Waals surface area contributed by atoms with Crippen molar-refractivity contribution in [3.8, 4) is 0 Å². The van der Waals surface area contributed by atoms with Crippen molar-refractivity contribution < 1.29 is 18.4 Å². The maximum atomic E-state index is 12.4. The van der Waals surface area contributed by atoms with E-state index in [9.17, 15) is 23.6 Å². The molecule has 0 aliphatic heterocycles. The summed E-state index contributed by atoms with van der Waals surface area (Å²) in [6, 6.07) is 14.4. The molecule has 2 aromatic carbocycles. The van der Waals surface area contributed by atoms with Gasteiger partial charge in [-0.1, -0.05) is 48.5 Å². The van der Waals surface area contributed by atoms with Crippen molar-refractivity contribution in [3.63, 3.8) is 0 Å². The molecule has 0 bridgehead atoms. The molecule has 2 aromatic rings. The first-order valence-corrected chi connectivity index (χ1v) is 8.81. The van der Waals surface area contributed by atoms with Gasteiger partial charge in [-0.3, -0.25) is 10.1 Å². The summed E-state index contributed by atoms with van der Waals surface area (Å²) in [4.78, 5) is 10.4. The van der Waals surface area contributed by atoms with Gasteiger partial charge in [-0.05, 0) is 5.56 Å². The van der Waals surface area contributed by atoms with Gasteiger partial charge in [0.15, 0.2) is 0 Å². The molecule has 0 amide bonds. The molecule has 0 spiro atoms. The molecule has 1 atom stereocenters. The normalized spacial score (nSPS) is 13.0. The van der Waals surface area contributed by atoms with Crippen LogP contribution in [0, 0.1) is 10.1 Å². The highest BCUT2D eigenvalue weighted by molar-refractivity contribution is 7.88. The molecule has 24 heavy (non-hydrogen) atoms. The molecule has 128 valence electrons. The highest BCUT2D eigenvalue weighted by atomic mass is 32.2. The smallest absolute Gasteiger partial charge is 0.273 e. The van der Waals surface area contributed by atoms with Gasteiger partial charge < -0.3 is 5.11 Å². The second kappa shape index (κ2) is 7.52. The number of hydrogen-bond acceptors (Lipinski definition) is 5. The highest BCUT2D eigenvalue weighted by Gasteiger charge is 2.25. The van der Waals surface area contributed by atoms with Crippen LogP contribution in [-0.4, -0.2) is 36.3 Å². The Morgan fingerprint density at radius 2 is 1.71 bits per heavy atom. The Kier molecular flexibility index (Phi) is 5.66. The van der Waals surface area contributed by atoms with Crippen LogP contribution >= 0.6 is 0 Å². The molecular formula is C16H18N2O5S. The zero-order valence-electron chi connectivity index (χ0n) is 13.1. The fraction of sp³-hybridized carbons (Fsp3) is 0.250. The monoisotopic (exact) mass is 350 g/mol. The Morgan fingerprint density at radius 1 is 1.12 bits per heavy atom. The summed E-state index contributed by atoms with van der Waals surface area (Å²) in [5, 5.41) is 21.1. The molecule has 7 nitrogen and oxygen atoms in total. The average Bonchev–Trinajstić information content (AvgIpc) is 2.55. The number of rotatable bonds is 7. The van der Waals surface area contributed by atoms with Crippen molar-refractivity contribution in [3.05, 3.63) is 75.8 Å². The largest absolute Gasteiger partial charge is 0.387 e. The van der Waals surface area contributed by atoms with E-state index in [2.05, 4.69) is 0 Å². The molecule has 1 N–H and O–H groups in total. The Morgan fingerprint density at radius 3 is 2.33 bits per heavy atom. The lowest BCUT2D eigenvalue weighted by Crippen LogP contribution is -2.32. The van der Waals surface area contributed by atoms with Crippen molar-refractivity contribution in [2.24, 2.45) is 0 Å². The van der Waals surface area contributed by atoms with E-state index in [0.717, 1.165) is 4.31 Å². The molecule has 0 aliphatic carbocycles. The van der Waals surface area contributed by atoms with E-state index in [1.807, 2.05) is 0 Å². The molecule has 1 unspecified atom stereocenters. The van der Waals surface area contributed by atoms with Crippen LogP contribution in [0.3, 0.4) is 0 Å². The maximum absolute atomic E-state index is 12.4. The molecular weight excluding hydrogens is 332 g/mol. The molecule has 0 aromatic heterocycles. The summed E-state index contributed by atoms with van der Waals surface area (Å²) in [6.45, 7) is -0.132. The average molecular weight is 350 g/mol. The molecule has 0 saturated carbocycles. The predicted molar refractivity (Wildman–Crippen MR) is 89.8 cm³/mol. The van der Waals surface area contributed by atoms with Crippen LogP contribution < -0.4 is 0 Å². The van der Waals surface area contributed by atoms with E-state index in [4.69, 9.17) is 0 Å². The molecule has 0 radical (unpaired) electrons. The van der Waals surface area contributed by atoms with Crippen molar-refractivity contribution >= 4 is 15.7 Å². The molecule has 8 heteroatoms. The summed E-state index contributed by atoms with van der Waals surface area (Å²) in [5.74, 6) is -0.498. The van der Waals surface area contributed by atoms with Gasteiger partial charge in [0.05, 0.1) is 16.8 Å². The third-order valence-electron chi connectivity index (χ3n) is 3.62. The number of sulfonamides is 1. The number of benzene rings is 2. The van der Waals surface area contributed by atoms with E-state index >= 15 is 0 Å². The third-order valence-corrected chi connectivity index (χ3v) is 5.39. The number of aliphatic hydroxyl groups excluding tert-OH is 1. The molecule has 0 fully saturated rings. The van der Waals surface area contributed by atoms with Crippen molar-refractivity contribution in [1.29, 1.82) is 0 Å². The Hall–Kier alpha value is -2.29. The first-order chi connectivity index (χ1) is 11.3. The summed E-state index contributed by atoms with van der Waals surface area (Å²) in [5.41, 5.74) is 0.479. The van der Waals surface area contributed by atoms with E-state index in [0.29, 0.717) is 5.56 Å². The lowest BCUT2D eigenvalue weighted by molar-refractivity contribution is -0.385. The first kappa shape index (κ1) is 18.1. The summed E-state index contributed by atoms with van der Waals surface area (Å²) in [6.07, 6.45) is -0.975. The van der Waals surface area contributed by atoms with E-state index in [1.54, 1.807) is 36.4 Å². The molecule has 0 saturated heterocycles. The number of nitro benzene ring substituents is 1. The Labute approximate surface area is 140 Å². The number of aliphatic hydroxyl groups is 1. The first-order valence-electron chi connectivity index (χ1n) is 7.20. The Bertz CT molecular complexity index is 808. The maximum Gasteiger partial charge on any atom is 0.273 e. The number of nitrogens with zero attached hydrogens (tertiary/aromatic N) is 2. The topological polar surface area (TPSA) is 101 Å². The quantitative estimate of drug-likeness (QED) is 0.609. The lowest BCUT2D eigenvalue weighted by atomic mass is 10.1. The van der Waals surface area contributed by atoms with Gasteiger partial charge in [0, 0.05) is 25.2 Å². The predicted octanol–water partition coefficient (Wildman–Crippen LogP) is 2.09. The molecule has 0 heterocycles. The SMILES string of the molecule is CN(CC(O)c1ccccc1)S(=O)(=O)Cc1ccccc1[N+](=O)[O-]. The fourth-order valence-corrected chi connectivity index (χ4v) is 3.48. The van der Waals surface area contributed by atoms with Gasteiger partial charge in [0.1, 0.15) is 0 Å². The van der Waals surface area contributed by atoms with Crippen LogP contribution in [0.2, 0.25) is 0 Å². The van der Waals surface area contributed by atoms with E-state index in [-0.39, 0.29) is 17.8 Å². The van der Waals surface area contributed by atoms with Crippen LogP contribution in [0.4, 0.5) is 5.69 Å². The number of para-hydroxylation sites is 1. The third kappa shape index (κ3) is 4.38. The minimum Gasteiger partial charge on any atom is -0.387 e. The summed E-state index contributed by atoms with van der Waals surface area (Å²) < 4.78 is 25.9. The van der Waals surface area contributed by atoms with Crippen LogP contribution in [0.15, 0.2) is 54.6 Å². The zero-order valence-corrected chi connectivity index (χ0v) is 13.9. The van der Waals surface area contributed by atoms with Gasteiger partial charge in [0.2, 0.25) is 10.0 Å². The molecule has 2 rings (SSSR count). The summed E-state index contributed by atoms with van der Waals surface area (Å²) in [7, 11) is -2.46. The minimum atomic E-state index is -3.80. The van der Waals surface area contributed by atoms with Crippen molar-refractivity contribution in [2.45, 2.75) is 11.9 Å². The number of likely N-dealkylation sites (N-methyl/N-ethyl adjacent to an activating group) is 1. The van der Waals surface area contributed by atoms with Gasteiger partial charge >= 0.3 is 0 Å². The zero-order chi connectivity index (χ0) is 17.7. The van der Waals surface area contributed by atoms with Crippen LogP contribution in [0.1, 0.15) is 17.2 Å². The number of nitro groups is 1. The Balaban J connectivity index is 2.14. The van der Waals surface area contributed by atoms with Gasteiger partial charge in [-0.2, -0.15) is 0 Å². The minimum absolute atomic E-state index is 0.114. The van der Waals surface area contributed by atoms with Crippen LogP contribution in [-0.2, 0) is 15.8 Å². The van der Waals surface area contributed by atoms with Crippen molar-refractivity contribution in [2.75, 3.05) is 13.6 Å². The number of hydrogen-bond donors (Lipinski definition) is 1.